The number of aliphatic hydroxyl groups excluding tert-OH is 4. The minimum Gasteiger partial charge on any atom is -0.394 e. The molecule has 0 aliphatic rings. The zero-order valence-electron chi connectivity index (χ0n) is 27.8. The van der Waals surface area contributed by atoms with Crippen LogP contribution < -0.4 is 11.5 Å². The van der Waals surface area contributed by atoms with Crippen LogP contribution in [0.3, 0.4) is 0 Å². The van der Waals surface area contributed by atoms with E-state index in [0.29, 0.717) is 19.3 Å². The molecule has 0 aromatic carbocycles. The van der Waals surface area contributed by atoms with Gasteiger partial charge in [0, 0.05) is 5.54 Å². The summed E-state index contributed by atoms with van der Waals surface area (Å²) >= 11 is 0. The van der Waals surface area contributed by atoms with Crippen molar-refractivity contribution in [3.05, 3.63) is 0 Å². The molecular formula is C35H74N2O4. The van der Waals surface area contributed by atoms with Crippen LogP contribution in [0.4, 0.5) is 0 Å². The van der Waals surface area contributed by atoms with Crippen LogP contribution in [0, 0.1) is 0 Å². The van der Waals surface area contributed by atoms with E-state index in [0.717, 1.165) is 64.2 Å². The van der Waals surface area contributed by atoms with Gasteiger partial charge in [-0.05, 0) is 19.3 Å². The van der Waals surface area contributed by atoms with Gasteiger partial charge < -0.3 is 31.9 Å². The Morgan fingerprint density at radius 3 is 1.07 bits per heavy atom. The van der Waals surface area contributed by atoms with Gasteiger partial charge in [-0.1, -0.05) is 168 Å². The van der Waals surface area contributed by atoms with E-state index in [2.05, 4.69) is 20.8 Å². The maximum atomic E-state index is 11.5. The summed E-state index contributed by atoms with van der Waals surface area (Å²) in [4.78, 5) is 0. The second-order valence-electron chi connectivity index (χ2n) is 13.3. The minimum absolute atomic E-state index is 0.341. The van der Waals surface area contributed by atoms with Crippen molar-refractivity contribution in [3.8, 4) is 0 Å². The number of hydrogen-bond donors (Lipinski definition) is 6. The Bertz CT molecular complexity index is 566. The van der Waals surface area contributed by atoms with Crippen molar-refractivity contribution in [2.75, 3.05) is 6.61 Å². The monoisotopic (exact) mass is 587 g/mol. The summed E-state index contributed by atoms with van der Waals surface area (Å²) in [6, 6.07) is 0. The SMILES string of the molecule is CCCCCCCCCCCCCCCC(N)(C(O)CO)C(O)C(O)C(N)(CCCCCC)CCCCCCCC. The third kappa shape index (κ3) is 18.2. The molecule has 0 saturated heterocycles. The predicted octanol–water partition coefficient (Wildman–Crippen LogP) is 7.66. The van der Waals surface area contributed by atoms with Crippen LogP contribution in [0.5, 0.6) is 0 Å². The Labute approximate surface area is 255 Å². The second-order valence-corrected chi connectivity index (χ2v) is 13.3. The number of hydrogen-bond acceptors (Lipinski definition) is 6. The third-order valence-electron chi connectivity index (χ3n) is 9.44. The summed E-state index contributed by atoms with van der Waals surface area (Å²) < 4.78 is 0. The largest absolute Gasteiger partial charge is 0.394 e. The second kappa shape index (κ2) is 26.2. The topological polar surface area (TPSA) is 133 Å². The van der Waals surface area contributed by atoms with Gasteiger partial charge in [-0.3, -0.25) is 0 Å². The minimum atomic E-state index is -1.50. The fraction of sp³-hybridized carbons (Fsp3) is 1.00. The average molecular weight is 587 g/mol. The van der Waals surface area contributed by atoms with Gasteiger partial charge in [0.15, 0.2) is 0 Å². The summed E-state index contributed by atoms with van der Waals surface area (Å²) in [6.45, 7) is 6.08. The molecule has 6 heteroatoms. The highest BCUT2D eigenvalue weighted by molar-refractivity contribution is 5.07. The molecule has 0 saturated carbocycles. The van der Waals surface area contributed by atoms with Gasteiger partial charge in [-0.25, -0.2) is 0 Å². The predicted molar refractivity (Wildman–Crippen MR) is 176 cm³/mol. The molecule has 6 nitrogen and oxygen atoms in total. The van der Waals surface area contributed by atoms with E-state index in [1.165, 1.54) is 83.5 Å². The first-order valence-corrected chi connectivity index (χ1v) is 18.0. The number of nitrogens with two attached hydrogens (primary N) is 2. The highest BCUT2D eigenvalue weighted by Crippen LogP contribution is 2.32. The third-order valence-corrected chi connectivity index (χ3v) is 9.44. The molecule has 0 aliphatic carbocycles. The van der Waals surface area contributed by atoms with E-state index in [1.807, 2.05) is 0 Å². The molecule has 0 aromatic rings. The van der Waals surface area contributed by atoms with Gasteiger partial charge in [-0.2, -0.15) is 0 Å². The quantitative estimate of drug-likeness (QED) is 0.0462. The maximum absolute atomic E-state index is 11.5. The van der Waals surface area contributed by atoms with Gasteiger partial charge in [0.05, 0.1) is 24.4 Å². The normalized spacial score (nSPS) is 17.2. The summed E-state index contributed by atoms with van der Waals surface area (Å²) in [5.41, 5.74) is 11.0. The van der Waals surface area contributed by atoms with Gasteiger partial charge in [0.2, 0.25) is 0 Å². The van der Waals surface area contributed by atoms with Crippen molar-refractivity contribution >= 4 is 0 Å². The molecule has 0 aliphatic heterocycles. The van der Waals surface area contributed by atoms with Crippen molar-refractivity contribution in [1.82, 2.24) is 0 Å². The van der Waals surface area contributed by atoms with Gasteiger partial charge in [-0.15, -0.1) is 0 Å². The van der Waals surface area contributed by atoms with Crippen LogP contribution in [0.15, 0.2) is 0 Å². The molecule has 41 heavy (non-hydrogen) atoms. The molecule has 0 amide bonds. The standard InChI is InChI=1S/C35H74N2O4/c1-4-7-10-13-15-16-17-18-19-20-21-23-26-29-35(37,31(39)30-38)33(41)32(40)34(36,27-24-12-9-6-3)28-25-22-14-11-8-5-2/h31-33,38-41H,4-30,36-37H2,1-3H3. The van der Waals surface area contributed by atoms with Crippen LogP contribution in [0.2, 0.25) is 0 Å². The van der Waals surface area contributed by atoms with E-state index in [4.69, 9.17) is 11.5 Å². The smallest absolute Gasteiger partial charge is 0.102 e. The van der Waals surface area contributed by atoms with Crippen LogP contribution in [0.25, 0.3) is 0 Å². The van der Waals surface area contributed by atoms with Crippen LogP contribution in [-0.2, 0) is 0 Å². The van der Waals surface area contributed by atoms with Crippen molar-refractivity contribution in [2.24, 2.45) is 11.5 Å². The van der Waals surface area contributed by atoms with Crippen molar-refractivity contribution < 1.29 is 20.4 Å². The molecule has 5 unspecified atom stereocenters. The van der Waals surface area contributed by atoms with Crippen molar-refractivity contribution in [1.29, 1.82) is 0 Å². The molecule has 248 valence electrons. The lowest BCUT2D eigenvalue weighted by molar-refractivity contribution is -0.113. The first kappa shape index (κ1) is 40.8. The molecule has 8 N–H and O–H groups in total. The lowest BCUT2D eigenvalue weighted by atomic mass is 9.72. The summed E-state index contributed by atoms with van der Waals surface area (Å²) in [5.74, 6) is 0. The Kier molecular flexibility index (Phi) is 26.0. The summed E-state index contributed by atoms with van der Waals surface area (Å²) in [7, 11) is 0. The van der Waals surface area contributed by atoms with Gasteiger partial charge in [0.1, 0.15) is 6.10 Å². The lowest BCUT2D eigenvalue weighted by Gasteiger charge is -2.45. The van der Waals surface area contributed by atoms with Crippen LogP contribution >= 0.6 is 0 Å². The molecule has 0 radical (unpaired) electrons. The van der Waals surface area contributed by atoms with Crippen molar-refractivity contribution in [3.63, 3.8) is 0 Å². The maximum Gasteiger partial charge on any atom is 0.102 e. The molecular weight excluding hydrogens is 512 g/mol. The van der Waals surface area contributed by atoms with E-state index >= 15 is 0 Å². The Balaban J connectivity index is 4.86. The molecule has 0 heterocycles. The molecule has 0 rings (SSSR count). The van der Waals surface area contributed by atoms with Gasteiger partial charge in [0.25, 0.3) is 0 Å². The first-order valence-electron chi connectivity index (χ1n) is 18.0. The Hall–Kier alpha value is -0.240. The number of rotatable bonds is 31. The molecule has 0 bridgehead atoms. The van der Waals surface area contributed by atoms with E-state index in [1.54, 1.807) is 0 Å². The first-order chi connectivity index (χ1) is 19.7. The summed E-state index contributed by atoms with van der Waals surface area (Å²) in [5, 5.41) is 43.4. The number of unbranched alkanes of at least 4 members (excludes halogenated alkanes) is 20. The molecule has 5 atom stereocenters. The molecule has 0 aromatic heterocycles. The van der Waals surface area contributed by atoms with E-state index in [-0.39, 0.29) is 0 Å². The van der Waals surface area contributed by atoms with E-state index < -0.39 is 36.0 Å². The summed E-state index contributed by atoms with van der Waals surface area (Å²) in [6.07, 6.45) is 24.5. The van der Waals surface area contributed by atoms with Gasteiger partial charge >= 0.3 is 0 Å². The fourth-order valence-corrected chi connectivity index (χ4v) is 6.27. The highest BCUT2D eigenvalue weighted by atomic mass is 16.3. The Morgan fingerprint density at radius 1 is 0.439 bits per heavy atom. The van der Waals surface area contributed by atoms with E-state index in [9.17, 15) is 20.4 Å². The molecule has 0 fully saturated rings. The Morgan fingerprint density at radius 2 is 0.732 bits per heavy atom. The van der Waals surface area contributed by atoms with Crippen LogP contribution in [0.1, 0.15) is 188 Å². The van der Waals surface area contributed by atoms with Crippen LogP contribution in [-0.4, -0.2) is 56.4 Å². The fourth-order valence-electron chi connectivity index (χ4n) is 6.27. The zero-order valence-corrected chi connectivity index (χ0v) is 27.8. The average Bonchev–Trinajstić information content (AvgIpc) is 2.98. The number of aliphatic hydroxyl groups is 4. The molecule has 0 spiro atoms. The van der Waals surface area contributed by atoms with Crippen molar-refractivity contribution in [2.45, 2.75) is 217 Å². The lowest BCUT2D eigenvalue weighted by Crippen LogP contribution is -2.69. The zero-order chi connectivity index (χ0) is 30.8. The highest BCUT2D eigenvalue weighted by Gasteiger charge is 2.49.